The van der Waals surface area contributed by atoms with E-state index in [1.165, 1.54) is 0 Å². The van der Waals surface area contributed by atoms with Crippen LogP contribution in [0.25, 0.3) is 0 Å². The van der Waals surface area contributed by atoms with Gasteiger partial charge in [0.1, 0.15) is 0 Å². The van der Waals surface area contributed by atoms with Gasteiger partial charge in [-0.2, -0.15) is 5.10 Å². The Labute approximate surface area is 92.9 Å². The van der Waals surface area contributed by atoms with Gasteiger partial charge in [0, 0.05) is 18.8 Å². The van der Waals surface area contributed by atoms with Gasteiger partial charge >= 0.3 is 0 Å². The molecule has 1 heterocycles. The summed E-state index contributed by atoms with van der Waals surface area (Å²) >= 11 is 0. The van der Waals surface area contributed by atoms with Crippen molar-refractivity contribution in [1.29, 1.82) is 0 Å². The summed E-state index contributed by atoms with van der Waals surface area (Å²) in [5.41, 5.74) is 1.14. The number of hydrogen-bond donors (Lipinski definition) is 1. The van der Waals surface area contributed by atoms with Gasteiger partial charge in [0.15, 0.2) is 0 Å². The fraction of sp³-hybridized carbons (Fsp3) is 0.750. The van der Waals surface area contributed by atoms with Crippen molar-refractivity contribution < 1.29 is 0 Å². The largest absolute Gasteiger partial charge is 0.380 e. The van der Waals surface area contributed by atoms with Crippen molar-refractivity contribution >= 4 is 5.69 Å². The van der Waals surface area contributed by atoms with Gasteiger partial charge < -0.3 is 5.32 Å². The number of rotatable bonds is 6. The number of nitrogens with zero attached hydrogens (tertiary/aromatic N) is 2. The van der Waals surface area contributed by atoms with E-state index in [2.05, 4.69) is 44.3 Å². The van der Waals surface area contributed by atoms with E-state index in [4.69, 9.17) is 0 Å². The van der Waals surface area contributed by atoms with Crippen LogP contribution >= 0.6 is 0 Å². The van der Waals surface area contributed by atoms with Crippen LogP contribution in [0.2, 0.25) is 0 Å². The Kier molecular flexibility index (Phi) is 4.66. The summed E-state index contributed by atoms with van der Waals surface area (Å²) in [6.07, 6.45) is 6.33. The Balaban J connectivity index is 2.52. The Bertz CT molecular complexity index is 274. The standard InChI is InChI=1S/C12H23N3/c1-5-11(6-2)14-12-7-13-15(9-12)8-10(3)4/h7,9-11,14H,5-6,8H2,1-4H3. The maximum Gasteiger partial charge on any atom is 0.0728 e. The Morgan fingerprint density at radius 2 is 2.00 bits per heavy atom. The highest BCUT2D eigenvalue weighted by Gasteiger charge is 2.05. The zero-order valence-corrected chi connectivity index (χ0v) is 10.3. The zero-order valence-electron chi connectivity index (χ0n) is 10.3. The smallest absolute Gasteiger partial charge is 0.0728 e. The minimum atomic E-state index is 0.571. The van der Waals surface area contributed by atoms with Crippen LogP contribution < -0.4 is 5.32 Å². The van der Waals surface area contributed by atoms with Crippen LogP contribution in [0.4, 0.5) is 5.69 Å². The van der Waals surface area contributed by atoms with Crippen molar-refractivity contribution in [2.75, 3.05) is 5.32 Å². The lowest BCUT2D eigenvalue weighted by atomic mass is 10.2. The zero-order chi connectivity index (χ0) is 11.3. The van der Waals surface area contributed by atoms with Gasteiger partial charge in [-0.15, -0.1) is 0 Å². The molecule has 0 atom stereocenters. The molecule has 1 rings (SSSR count). The lowest BCUT2D eigenvalue weighted by Crippen LogP contribution is -2.16. The van der Waals surface area contributed by atoms with Gasteiger partial charge in [0.05, 0.1) is 11.9 Å². The molecule has 15 heavy (non-hydrogen) atoms. The molecule has 1 aromatic rings. The minimum absolute atomic E-state index is 0.571. The molecular formula is C12H23N3. The highest BCUT2D eigenvalue weighted by atomic mass is 15.3. The van der Waals surface area contributed by atoms with E-state index in [0.29, 0.717) is 12.0 Å². The minimum Gasteiger partial charge on any atom is -0.380 e. The molecule has 0 spiro atoms. The highest BCUT2D eigenvalue weighted by Crippen LogP contribution is 2.11. The second-order valence-corrected chi connectivity index (χ2v) is 4.50. The monoisotopic (exact) mass is 209 g/mol. The molecule has 0 amide bonds. The summed E-state index contributed by atoms with van der Waals surface area (Å²) in [5.74, 6) is 0.644. The van der Waals surface area contributed by atoms with E-state index in [1.807, 2.05) is 10.9 Å². The van der Waals surface area contributed by atoms with Crippen LogP contribution in [0.3, 0.4) is 0 Å². The van der Waals surface area contributed by atoms with Crippen molar-refractivity contribution in [2.24, 2.45) is 5.92 Å². The van der Waals surface area contributed by atoms with Crippen LogP contribution in [-0.2, 0) is 6.54 Å². The van der Waals surface area contributed by atoms with Crippen molar-refractivity contribution in [3.8, 4) is 0 Å². The summed E-state index contributed by atoms with van der Waals surface area (Å²) in [5, 5.41) is 7.82. The molecule has 0 saturated heterocycles. The molecule has 0 aliphatic rings. The van der Waals surface area contributed by atoms with Crippen LogP contribution in [0.1, 0.15) is 40.5 Å². The van der Waals surface area contributed by atoms with Gasteiger partial charge in [-0.05, 0) is 18.8 Å². The molecule has 0 aromatic carbocycles. The first-order valence-corrected chi connectivity index (χ1v) is 5.94. The van der Waals surface area contributed by atoms with Gasteiger partial charge in [-0.25, -0.2) is 0 Å². The number of aromatic nitrogens is 2. The quantitative estimate of drug-likeness (QED) is 0.780. The normalized spacial score (nSPS) is 11.3. The Morgan fingerprint density at radius 3 is 2.53 bits per heavy atom. The maximum absolute atomic E-state index is 4.33. The van der Waals surface area contributed by atoms with E-state index in [1.54, 1.807) is 0 Å². The van der Waals surface area contributed by atoms with Crippen LogP contribution in [0.15, 0.2) is 12.4 Å². The van der Waals surface area contributed by atoms with Crippen LogP contribution in [0.5, 0.6) is 0 Å². The first-order valence-electron chi connectivity index (χ1n) is 5.94. The number of anilines is 1. The van der Waals surface area contributed by atoms with Crippen molar-refractivity contribution in [2.45, 2.75) is 53.1 Å². The van der Waals surface area contributed by atoms with Gasteiger partial charge in [0.2, 0.25) is 0 Å². The molecule has 1 N–H and O–H groups in total. The predicted octanol–water partition coefficient (Wildman–Crippen LogP) is 3.14. The molecule has 86 valence electrons. The second-order valence-electron chi connectivity index (χ2n) is 4.50. The Morgan fingerprint density at radius 1 is 1.33 bits per heavy atom. The first-order chi connectivity index (χ1) is 7.15. The second kappa shape index (κ2) is 5.79. The van der Waals surface area contributed by atoms with Crippen molar-refractivity contribution in [3.05, 3.63) is 12.4 Å². The van der Waals surface area contributed by atoms with Crippen LogP contribution in [0, 0.1) is 5.92 Å². The molecule has 3 heteroatoms. The molecule has 0 fully saturated rings. The van der Waals surface area contributed by atoms with Crippen molar-refractivity contribution in [3.63, 3.8) is 0 Å². The van der Waals surface area contributed by atoms with E-state index >= 15 is 0 Å². The predicted molar refractivity (Wildman–Crippen MR) is 65.1 cm³/mol. The third-order valence-corrected chi connectivity index (χ3v) is 2.54. The summed E-state index contributed by atoms with van der Waals surface area (Å²) in [6.45, 7) is 9.81. The molecule has 1 aromatic heterocycles. The van der Waals surface area contributed by atoms with E-state index < -0.39 is 0 Å². The molecule has 0 aliphatic heterocycles. The van der Waals surface area contributed by atoms with Gasteiger partial charge in [-0.3, -0.25) is 4.68 Å². The molecule has 0 radical (unpaired) electrons. The lowest BCUT2D eigenvalue weighted by molar-refractivity contribution is 0.483. The summed E-state index contributed by atoms with van der Waals surface area (Å²) in [6, 6.07) is 0.571. The van der Waals surface area contributed by atoms with E-state index in [0.717, 1.165) is 25.1 Å². The first kappa shape index (κ1) is 12.1. The Hall–Kier alpha value is -0.990. The average molecular weight is 209 g/mol. The third-order valence-electron chi connectivity index (χ3n) is 2.54. The summed E-state index contributed by atoms with van der Waals surface area (Å²) in [7, 11) is 0. The van der Waals surface area contributed by atoms with Gasteiger partial charge in [-0.1, -0.05) is 27.7 Å². The molecule has 0 aliphatic carbocycles. The third kappa shape index (κ3) is 3.94. The number of nitrogens with one attached hydrogen (secondary N) is 1. The molecule has 0 bridgehead atoms. The number of hydrogen-bond acceptors (Lipinski definition) is 2. The SMILES string of the molecule is CCC(CC)Nc1cnn(CC(C)C)c1. The van der Waals surface area contributed by atoms with Crippen molar-refractivity contribution in [1.82, 2.24) is 9.78 Å². The highest BCUT2D eigenvalue weighted by molar-refractivity contribution is 5.39. The fourth-order valence-electron chi connectivity index (χ4n) is 1.64. The van der Waals surface area contributed by atoms with Crippen LogP contribution in [-0.4, -0.2) is 15.8 Å². The fourth-order valence-corrected chi connectivity index (χ4v) is 1.64. The topological polar surface area (TPSA) is 29.9 Å². The molecule has 3 nitrogen and oxygen atoms in total. The van der Waals surface area contributed by atoms with Gasteiger partial charge in [0.25, 0.3) is 0 Å². The maximum atomic E-state index is 4.33. The average Bonchev–Trinajstić information content (AvgIpc) is 2.61. The molecule has 0 unspecified atom stereocenters. The lowest BCUT2D eigenvalue weighted by Gasteiger charge is -2.13. The summed E-state index contributed by atoms with van der Waals surface area (Å²) < 4.78 is 2.01. The van der Waals surface area contributed by atoms with E-state index in [-0.39, 0.29) is 0 Å². The molecular weight excluding hydrogens is 186 g/mol. The summed E-state index contributed by atoms with van der Waals surface area (Å²) in [4.78, 5) is 0. The van der Waals surface area contributed by atoms with E-state index in [9.17, 15) is 0 Å². The molecule has 0 saturated carbocycles.